The molecule has 0 fully saturated rings. The monoisotopic (exact) mass is 401 g/mol. The maximum absolute atomic E-state index is 10.9. The molecule has 0 amide bonds. The van der Waals surface area contributed by atoms with Crippen molar-refractivity contribution in [1.29, 1.82) is 0 Å². The molecule has 5 heteroatoms. The Morgan fingerprint density at radius 1 is 0.621 bits per heavy atom. The van der Waals surface area contributed by atoms with E-state index >= 15 is 0 Å². The molecule has 0 aliphatic carbocycles. The number of nitrogens with zero attached hydrogens (tertiary/aromatic N) is 1. The molecular weight excluding hydrogens is 386 g/mol. The zero-order valence-corrected chi connectivity index (χ0v) is 15.9. The van der Waals surface area contributed by atoms with Crippen molar-refractivity contribution in [2.75, 3.05) is 0 Å². The zero-order valence-electron chi connectivity index (χ0n) is 15.2. The molecule has 0 saturated heterocycles. The third-order valence-electron chi connectivity index (χ3n) is 5.19. The van der Waals surface area contributed by atoms with E-state index in [0.29, 0.717) is 10.9 Å². The first-order valence-corrected chi connectivity index (χ1v) is 9.47. The number of rotatable bonds is 2. The number of para-hydroxylation sites is 1. The van der Waals surface area contributed by atoms with Crippen molar-refractivity contribution < 1.29 is 15.3 Å². The largest absolute Gasteiger partial charge is 0.505 e. The smallest absolute Gasteiger partial charge is 0.184 e. The molecule has 3 N–H and O–H groups in total. The van der Waals surface area contributed by atoms with E-state index in [1.807, 2.05) is 83.4 Å². The highest BCUT2D eigenvalue weighted by Gasteiger charge is 2.26. The lowest BCUT2D eigenvalue weighted by atomic mass is 9.99. The number of hydrogen-bond acceptors (Lipinski definition) is 3. The van der Waals surface area contributed by atoms with Gasteiger partial charge in [-0.3, -0.25) is 0 Å². The molecule has 0 aliphatic rings. The molecule has 0 atom stereocenters. The van der Waals surface area contributed by atoms with Crippen LogP contribution < -0.4 is 0 Å². The molecule has 0 unspecified atom stereocenters. The molecule has 5 aromatic rings. The highest BCUT2D eigenvalue weighted by atomic mass is 35.5. The highest BCUT2D eigenvalue weighted by Crippen LogP contribution is 2.52. The first-order chi connectivity index (χ1) is 14.1. The molecule has 0 saturated carbocycles. The van der Waals surface area contributed by atoms with Gasteiger partial charge in [-0.2, -0.15) is 0 Å². The number of fused-ring (bicyclic) bond motifs is 3. The summed E-state index contributed by atoms with van der Waals surface area (Å²) in [7, 11) is 0. The van der Waals surface area contributed by atoms with Crippen molar-refractivity contribution >= 4 is 33.4 Å². The molecule has 0 bridgehead atoms. The van der Waals surface area contributed by atoms with Gasteiger partial charge in [-0.05, 0) is 29.3 Å². The van der Waals surface area contributed by atoms with Crippen molar-refractivity contribution in [2.45, 2.75) is 0 Å². The summed E-state index contributed by atoms with van der Waals surface area (Å²) in [6.45, 7) is 0. The number of benzene rings is 4. The van der Waals surface area contributed by atoms with Gasteiger partial charge in [0.15, 0.2) is 11.5 Å². The number of aromatic nitrogens is 1. The van der Waals surface area contributed by atoms with E-state index in [-0.39, 0.29) is 16.5 Å². The highest BCUT2D eigenvalue weighted by molar-refractivity contribution is 6.36. The lowest BCUT2D eigenvalue weighted by molar-refractivity contribution is 0.401. The van der Waals surface area contributed by atoms with Gasteiger partial charge < -0.3 is 19.9 Å². The standard InChI is InChI=1S/C24H16ClNO3/c25-20-22(27)19-18-16(14-8-3-1-4-9-14)12-7-13-17(18)26(15-10-5-2-6-11-15)21(19)24(29)23(20)28/h1-13,27-29H. The quantitative estimate of drug-likeness (QED) is 0.243. The van der Waals surface area contributed by atoms with Gasteiger partial charge in [-0.25, -0.2) is 0 Å². The van der Waals surface area contributed by atoms with Crippen LogP contribution in [0.25, 0.3) is 38.6 Å². The first kappa shape index (κ1) is 17.5. The van der Waals surface area contributed by atoms with Crippen LogP contribution in [0, 0.1) is 0 Å². The van der Waals surface area contributed by atoms with Gasteiger partial charge in [0.25, 0.3) is 0 Å². The Hall–Kier alpha value is -3.63. The van der Waals surface area contributed by atoms with Crippen LogP contribution in [-0.2, 0) is 0 Å². The summed E-state index contributed by atoms with van der Waals surface area (Å²) in [5.41, 5.74) is 3.72. The van der Waals surface area contributed by atoms with Crippen molar-refractivity contribution in [3.05, 3.63) is 83.9 Å². The van der Waals surface area contributed by atoms with Gasteiger partial charge in [-0.1, -0.05) is 72.3 Å². The van der Waals surface area contributed by atoms with E-state index in [9.17, 15) is 15.3 Å². The first-order valence-electron chi connectivity index (χ1n) is 9.10. The van der Waals surface area contributed by atoms with Crippen molar-refractivity contribution in [2.24, 2.45) is 0 Å². The Morgan fingerprint density at radius 2 is 1.28 bits per heavy atom. The molecule has 142 valence electrons. The second-order valence-electron chi connectivity index (χ2n) is 6.82. The molecule has 1 aromatic heterocycles. The SMILES string of the molecule is Oc1c(Cl)c(O)c2c3c(-c4ccccc4)cccc3n(-c3ccccc3)c2c1O. The topological polar surface area (TPSA) is 65.6 Å². The fourth-order valence-corrected chi connectivity index (χ4v) is 4.12. The minimum Gasteiger partial charge on any atom is -0.505 e. The van der Waals surface area contributed by atoms with E-state index < -0.39 is 5.75 Å². The second kappa shape index (κ2) is 6.47. The number of aromatic hydroxyl groups is 3. The Balaban J connectivity index is 2.08. The maximum Gasteiger partial charge on any atom is 0.184 e. The van der Waals surface area contributed by atoms with Gasteiger partial charge in [0.2, 0.25) is 0 Å². The van der Waals surface area contributed by atoms with Gasteiger partial charge in [0.1, 0.15) is 16.3 Å². The Bertz CT molecular complexity index is 1380. The summed E-state index contributed by atoms with van der Waals surface area (Å²) in [6.07, 6.45) is 0. The minimum absolute atomic E-state index is 0.264. The molecule has 0 spiro atoms. The molecule has 1 heterocycles. The average molecular weight is 402 g/mol. The summed E-state index contributed by atoms with van der Waals surface area (Å²) in [5, 5.41) is 32.9. The maximum atomic E-state index is 10.9. The molecule has 0 radical (unpaired) electrons. The van der Waals surface area contributed by atoms with Crippen molar-refractivity contribution in [1.82, 2.24) is 4.57 Å². The Labute approximate surface area is 171 Å². The van der Waals surface area contributed by atoms with E-state index in [1.54, 1.807) is 0 Å². The number of halogens is 1. The van der Waals surface area contributed by atoms with E-state index in [4.69, 9.17) is 11.6 Å². The lowest BCUT2D eigenvalue weighted by Crippen LogP contribution is -1.94. The molecule has 5 rings (SSSR count). The Morgan fingerprint density at radius 3 is 1.97 bits per heavy atom. The number of phenolic OH excluding ortho intramolecular Hbond substituents is 3. The summed E-state index contributed by atoms with van der Waals surface area (Å²) >= 11 is 6.15. The average Bonchev–Trinajstić information content (AvgIpc) is 3.13. The molecular formula is C24H16ClNO3. The van der Waals surface area contributed by atoms with E-state index in [1.165, 1.54) is 0 Å². The van der Waals surface area contributed by atoms with Crippen molar-refractivity contribution in [3.8, 4) is 34.1 Å². The van der Waals surface area contributed by atoms with Gasteiger partial charge in [0.05, 0.1) is 10.9 Å². The van der Waals surface area contributed by atoms with Crippen LogP contribution in [0.3, 0.4) is 0 Å². The van der Waals surface area contributed by atoms with Gasteiger partial charge in [-0.15, -0.1) is 0 Å². The van der Waals surface area contributed by atoms with E-state index in [0.717, 1.165) is 27.7 Å². The molecule has 29 heavy (non-hydrogen) atoms. The van der Waals surface area contributed by atoms with E-state index in [2.05, 4.69) is 0 Å². The number of hydrogen-bond donors (Lipinski definition) is 3. The van der Waals surface area contributed by atoms with Crippen LogP contribution in [0.5, 0.6) is 17.2 Å². The normalized spacial score (nSPS) is 11.3. The lowest BCUT2D eigenvalue weighted by Gasteiger charge is -2.10. The summed E-state index contributed by atoms with van der Waals surface area (Å²) in [5.74, 6) is -1.18. The summed E-state index contributed by atoms with van der Waals surface area (Å²) in [4.78, 5) is 0. The predicted octanol–water partition coefficient (Wildman–Crippen LogP) is 6.22. The van der Waals surface area contributed by atoms with Crippen molar-refractivity contribution in [3.63, 3.8) is 0 Å². The molecule has 0 aliphatic heterocycles. The van der Waals surface area contributed by atoms with Crippen LogP contribution >= 0.6 is 11.6 Å². The minimum atomic E-state index is -0.544. The van der Waals surface area contributed by atoms with Crippen LogP contribution in [0.15, 0.2) is 78.9 Å². The second-order valence-corrected chi connectivity index (χ2v) is 7.20. The van der Waals surface area contributed by atoms with Crippen LogP contribution in [0.4, 0.5) is 0 Å². The third kappa shape index (κ3) is 2.46. The molecule has 4 aromatic carbocycles. The number of phenols is 3. The summed E-state index contributed by atoms with van der Waals surface area (Å²) in [6, 6.07) is 25.1. The molecule has 4 nitrogen and oxygen atoms in total. The Kier molecular flexibility index (Phi) is 3.89. The summed E-state index contributed by atoms with van der Waals surface area (Å²) < 4.78 is 1.82. The fourth-order valence-electron chi connectivity index (χ4n) is 3.94. The van der Waals surface area contributed by atoms with Gasteiger partial charge >= 0.3 is 0 Å². The van der Waals surface area contributed by atoms with Crippen LogP contribution in [0.1, 0.15) is 0 Å². The van der Waals surface area contributed by atoms with Gasteiger partial charge in [0, 0.05) is 11.1 Å². The third-order valence-corrected chi connectivity index (χ3v) is 5.55. The predicted molar refractivity (Wildman–Crippen MR) is 116 cm³/mol. The fraction of sp³-hybridized carbons (Fsp3) is 0. The zero-order chi connectivity index (χ0) is 20.1. The van der Waals surface area contributed by atoms with Crippen LogP contribution in [-0.4, -0.2) is 19.9 Å². The van der Waals surface area contributed by atoms with Crippen LogP contribution in [0.2, 0.25) is 5.02 Å².